The zero-order valence-corrected chi connectivity index (χ0v) is 26.6. The van der Waals surface area contributed by atoms with Crippen LogP contribution in [0.25, 0.3) is 32.1 Å². The van der Waals surface area contributed by atoms with Crippen LogP contribution >= 0.6 is 11.3 Å². The second kappa shape index (κ2) is 10.7. The van der Waals surface area contributed by atoms with Crippen LogP contribution in [0.4, 0.5) is 0 Å². The van der Waals surface area contributed by atoms with E-state index in [2.05, 4.69) is 123 Å². The molecule has 3 heteroatoms. The van der Waals surface area contributed by atoms with Crippen molar-refractivity contribution in [3.8, 4) is 11.3 Å². The van der Waals surface area contributed by atoms with E-state index in [4.69, 9.17) is 4.98 Å². The molecule has 2 heterocycles. The number of thiophene rings is 1. The van der Waals surface area contributed by atoms with Crippen molar-refractivity contribution in [2.24, 2.45) is 17.8 Å². The fourth-order valence-electron chi connectivity index (χ4n) is 6.80. The van der Waals surface area contributed by atoms with Gasteiger partial charge in [0.05, 0.1) is 10.4 Å². The van der Waals surface area contributed by atoms with Crippen LogP contribution in [0, 0.1) is 24.7 Å². The third kappa shape index (κ3) is 5.73. The summed E-state index contributed by atoms with van der Waals surface area (Å²) in [5.74, 6) is 2.17. The Morgan fingerprint density at radius 3 is 1.97 bits per heavy atom. The third-order valence-electron chi connectivity index (χ3n) is 7.68. The Hall–Kier alpha value is -1.97. The predicted molar refractivity (Wildman–Crippen MR) is 170 cm³/mol. The Kier molecular flexibility index (Phi) is 8.07. The van der Waals surface area contributed by atoms with Gasteiger partial charge in [0.25, 0.3) is 0 Å². The lowest BCUT2D eigenvalue weighted by molar-refractivity contribution is 0.596. The van der Waals surface area contributed by atoms with Crippen LogP contribution in [0.1, 0.15) is 73.4 Å². The summed E-state index contributed by atoms with van der Waals surface area (Å²) in [6.07, 6.45) is 2.05. The van der Waals surface area contributed by atoms with E-state index in [1.807, 2.05) is 6.20 Å². The van der Waals surface area contributed by atoms with Crippen molar-refractivity contribution in [2.75, 3.05) is 0 Å². The maximum Gasteiger partial charge on any atom is 0.101 e. The van der Waals surface area contributed by atoms with Gasteiger partial charge in [0.1, 0.15) is 8.07 Å². The molecule has 1 nitrogen and oxygen atoms in total. The molecular formula is C34H47NSSi. The molecule has 0 atom stereocenters. The van der Waals surface area contributed by atoms with Gasteiger partial charge in [-0.15, -0.1) is 11.3 Å². The number of aromatic nitrogens is 1. The monoisotopic (exact) mass is 529 g/mol. The molecule has 0 radical (unpaired) electrons. The van der Waals surface area contributed by atoms with E-state index in [1.165, 1.54) is 55.7 Å². The number of pyridine rings is 1. The van der Waals surface area contributed by atoms with Gasteiger partial charge in [0, 0.05) is 11.8 Å². The Labute approximate surface area is 230 Å². The number of fused-ring (bicyclic) bond motifs is 2. The molecule has 0 aliphatic rings. The first-order valence-corrected chi connectivity index (χ1v) is 17.7. The molecule has 0 unspecified atom stereocenters. The first-order valence-electron chi connectivity index (χ1n) is 14.2. The standard InChI is InChI=1S/C34H47NSSi/c1-22(2)19-37(20-23(3)4,21-24(5)6)33-25(7)28-15-16-35-31(32(28)36-33)27-17-26-13-11-12-14-29(26)30(18-27)34(8,9)10/h11-18,22-24H,19-21H2,1-10H3. The van der Waals surface area contributed by atoms with E-state index in [0.29, 0.717) is 0 Å². The molecule has 0 aliphatic heterocycles. The topological polar surface area (TPSA) is 12.9 Å². The molecule has 198 valence electrons. The minimum absolute atomic E-state index is 0.0634. The predicted octanol–water partition coefficient (Wildman–Crippen LogP) is 10.3. The maximum absolute atomic E-state index is 5.05. The fourth-order valence-corrected chi connectivity index (χ4v) is 16.5. The van der Waals surface area contributed by atoms with Crippen LogP contribution in [0.5, 0.6) is 0 Å². The molecule has 2 aromatic heterocycles. The van der Waals surface area contributed by atoms with Gasteiger partial charge in [-0.3, -0.25) is 4.98 Å². The SMILES string of the molecule is Cc1c([Si](CC(C)C)(CC(C)C)CC(C)C)sc2c(-c3cc(C(C)(C)C)c4ccccc4c3)nccc12. The Morgan fingerprint density at radius 1 is 0.811 bits per heavy atom. The highest BCUT2D eigenvalue weighted by Gasteiger charge is 2.40. The average molecular weight is 530 g/mol. The average Bonchev–Trinajstić information content (AvgIpc) is 3.13. The van der Waals surface area contributed by atoms with E-state index in [9.17, 15) is 0 Å². The first kappa shape index (κ1) is 28.0. The van der Waals surface area contributed by atoms with Gasteiger partial charge < -0.3 is 0 Å². The van der Waals surface area contributed by atoms with Gasteiger partial charge in [-0.25, -0.2) is 0 Å². The van der Waals surface area contributed by atoms with E-state index in [0.717, 1.165) is 23.4 Å². The molecule has 2 aromatic carbocycles. The van der Waals surface area contributed by atoms with Gasteiger partial charge in [-0.1, -0.05) is 105 Å². The van der Waals surface area contributed by atoms with Crippen molar-refractivity contribution < 1.29 is 0 Å². The molecule has 0 N–H and O–H groups in total. The fraction of sp³-hybridized carbons (Fsp3) is 0.500. The zero-order valence-electron chi connectivity index (χ0n) is 24.8. The number of hydrogen-bond donors (Lipinski definition) is 0. The lowest BCUT2D eigenvalue weighted by Crippen LogP contribution is -2.50. The third-order valence-corrected chi connectivity index (χ3v) is 16.5. The minimum Gasteiger partial charge on any atom is -0.255 e. The van der Waals surface area contributed by atoms with Crippen molar-refractivity contribution in [1.29, 1.82) is 0 Å². The minimum atomic E-state index is -1.71. The quantitative estimate of drug-likeness (QED) is 0.207. The van der Waals surface area contributed by atoms with Gasteiger partial charge in [-0.2, -0.15) is 0 Å². The molecule has 0 amide bonds. The van der Waals surface area contributed by atoms with Crippen LogP contribution in [0.3, 0.4) is 0 Å². The Morgan fingerprint density at radius 2 is 1.41 bits per heavy atom. The number of nitrogens with zero attached hydrogens (tertiary/aromatic N) is 1. The summed E-state index contributed by atoms with van der Waals surface area (Å²) in [6.45, 7) is 24.0. The summed E-state index contributed by atoms with van der Waals surface area (Å²) in [5, 5.41) is 4.08. The second-order valence-corrected chi connectivity index (χ2v) is 19.3. The first-order chi connectivity index (χ1) is 17.3. The highest BCUT2D eigenvalue weighted by molar-refractivity contribution is 7.32. The molecule has 0 saturated carbocycles. The van der Waals surface area contributed by atoms with Crippen molar-refractivity contribution in [1.82, 2.24) is 4.98 Å². The Bertz CT molecular complexity index is 1360. The largest absolute Gasteiger partial charge is 0.255 e. The summed E-state index contributed by atoms with van der Waals surface area (Å²) in [6, 6.07) is 20.0. The van der Waals surface area contributed by atoms with E-state index < -0.39 is 8.07 Å². The smallest absolute Gasteiger partial charge is 0.101 e. The van der Waals surface area contributed by atoms with Crippen molar-refractivity contribution in [3.63, 3.8) is 0 Å². The van der Waals surface area contributed by atoms with Crippen molar-refractivity contribution in [2.45, 2.75) is 92.8 Å². The van der Waals surface area contributed by atoms with Crippen LogP contribution in [-0.4, -0.2) is 13.1 Å². The van der Waals surface area contributed by atoms with Crippen molar-refractivity contribution in [3.05, 3.63) is 59.8 Å². The number of benzene rings is 2. The molecule has 0 aliphatic carbocycles. The Balaban J connectivity index is 2.00. The molecule has 0 saturated heterocycles. The van der Waals surface area contributed by atoms with Crippen LogP contribution in [0.15, 0.2) is 48.7 Å². The summed E-state index contributed by atoms with van der Waals surface area (Å²) in [5.41, 5.74) is 5.42. The molecule has 0 fully saturated rings. The maximum atomic E-state index is 5.05. The van der Waals surface area contributed by atoms with Gasteiger partial charge in [0.15, 0.2) is 0 Å². The zero-order chi connectivity index (χ0) is 27.1. The lowest BCUT2D eigenvalue weighted by atomic mass is 9.82. The van der Waals surface area contributed by atoms with Gasteiger partial charge in [-0.05, 0) is 80.1 Å². The molecular weight excluding hydrogens is 483 g/mol. The van der Waals surface area contributed by atoms with Gasteiger partial charge >= 0.3 is 0 Å². The van der Waals surface area contributed by atoms with Crippen LogP contribution < -0.4 is 4.50 Å². The normalized spacial score (nSPS) is 13.1. The molecule has 0 spiro atoms. The van der Waals surface area contributed by atoms with E-state index >= 15 is 0 Å². The van der Waals surface area contributed by atoms with E-state index in [-0.39, 0.29) is 5.41 Å². The second-order valence-electron chi connectivity index (χ2n) is 13.7. The molecule has 4 rings (SSSR count). The summed E-state index contributed by atoms with van der Waals surface area (Å²) in [4.78, 5) is 5.05. The lowest BCUT2D eigenvalue weighted by Gasteiger charge is -2.36. The van der Waals surface area contributed by atoms with E-state index in [1.54, 1.807) is 4.50 Å². The van der Waals surface area contributed by atoms with Crippen LogP contribution in [0.2, 0.25) is 18.1 Å². The van der Waals surface area contributed by atoms with Gasteiger partial charge in [0.2, 0.25) is 0 Å². The molecule has 0 bridgehead atoms. The number of hydrogen-bond acceptors (Lipinski definition) is 2. The number of rotatable bonds is 8. The molecule has 4 aromatic rings. The summed E-state index contributed by atoms with van der Waals surface area (Å²) < 4.78 is 3.13. The number of aryl methyl sites for hydroxylation is 1. The highest BCUT2D eigenvalue weighted by Crippen LogP contribution is 2.41. The molecule has 37 heavy (non-hydrogen) atoms. The summed E-state index contributed by atoms with van der Waals surface area (Å²) in [7, 11) is -1.71. The van der Waals surface area contributed by atoms with Crippen LogP contribution in [-0.2, 0) is 5.41 Å². The summed E-state index contributed by atoms with van der Waals surface area (Å²) >= 11 is 2.10. The van der Waals surface area contributed by atoms with Crippen molar-refractivity contribution >= 4 is 44.8 Å². The highest BCUT2D eigenvalue weighted by atomic mass is 32.1.